The zero-order chi connectivity index (χ0) is 26.6. The van der Waals surface area contributed by atoms with Crippen molar-refractivity contribution in [3.05, 3.63) is 115 Å². The number of aromatic amines is 1. The third-order valence-corrected chi connectivity index (χ3v) is 5.69. The van der Waals surface area contributed by atoms with Gasteiger partial charge in [0.2, 0.25) is 5.72 Å². The Hall–Kier alpha value is -4.74. The first-order valence-corrected chi connectivity index (χ1v) is 10.9. The molecule has 4 rings (SSSR count). The van der Waals surface area contributed by atoms with Crippen LogP contribution in [0.2, 0.25) is 0 Å². The van der Waals surface area contributed by atoms with Gasteiger partial charge < -0.3 is 14.2 Å². The molecular formula is C24H20FN5O7. The number of aromatic nitrogens is 2. The highest BCUT2D eigenvalue weighted by atomic mass is 19.1. The molecule has 2 heterocycles. The number of benzene rings is 2. The van der Waals surface area contributed by atoms with Crippen molar-refractivity contribution in [2.75, 3.05) is 6.61 Å². The predicted molar refractivity (Wildman–Crippen MR) is 125 cm³/mol. The maximum absolute atomic E-state index is 16.5. The van der Waals surface area contributed by atoms with Gasteiger partial charge in [-0.25, -0.2) is 18.8 Å². The van der Waals surface area contributed by atoms with Crippen molar-refractivity contribution in [2.45, 2.75) is 30.6 Å². The van der Waals surface area contributed by atoms with Gasteiger partial charge in [-0.3, -0.25) is 14.3 Å². The smallest absolute Gasteiger partial charge is 0.338 e. The minimum atomic E-state index is -2.72. The van der Waals surface area contributed by atoms with Crippen LogP contribution in [0.15, 0.2) is 87.6 Å². The van der Waals surface area contributed by atoms with Gasteiger partial charge in [0.1, 0.15) is 6.61 Å². The minimum absolute atomic E-state index is 0.0547. The third-order valence-electron chi connectivity index (χ3n) is 5.69. The number of nitrogens with one attached hydrogen (secondary N) is 1. The average molecular weight is 509 g/mol. The zero-order valence-electron chi connectivity index (χ0n) is 19.3. The number of azide groups is 1. The number of carbonyl (C=O) groups is 2. The molecule has 0 saturated carbocycles. The van der Waals surface area contributed by atoms with Crippen LogP contribution in [0.25, 0.3) is 10.4 Å². The first kappa shape index (κ1) is 25.4. The molecule has 3 aromatic rings. The Morgan fingerprint density at radius 1 is 1.08 bits per heavy atom. The summed E-state index contributed by atoms with van der Waals surface area (Å²) >= 11 is 0. The van der Waals surface area contributed by atoms with Gasteiger partial charge in [0.25, 0.3) is 5.56 Å². The van der Waals surface area contributed by atoms with Gasteiger partial charge in [0.15, 0.2) is 18.0 Å². The van der Waals surface area contributed by atoms with E-state index in [1.807, 2.05) is 4.98 Å². The first-order valence-electron chi connectivity index (χ1n) is 10.9. The molecule has 1 aromatic heterocycles. The lowest BCUT2D eigenvalue weighted by atomic mass is 9.94. The van der Waals surface area contributed by atoms with Gasteiger partial charge in [-0.1, -0.05) is 41.5 Å². The van der Waals surface area contributed by atoms with Crippen molar-refractivity contribution in [3.63, 3.8) is 0 Å². The SMILES string of the molecule is C[C@]1(F)[C@H](n2ccc(=O)[nH]c2=O)O[C@@](COC(=O)c2ccccc2)(N=[N+]=[N-])[C@H]1OC(=O)c1ccccc1. The van der Waals surface area contributed by atoms with Crippen LogP contribution in [0.5, 0.6) is 0 Å². The van der Waals surface area contributed by atoms with E-state index in [4.69, 9.17) is 14.2 Å². The number of alkyl halides is 1. The molecule has 37 heavy (non-hydrogen) atoms. The largest absolute Gasteiger partial charge is 0.459 e. The van der Waals surface area contributed by atoms with Crippen LogP contribution < -0.4 is 11.2 Å². The Morgan fingerprint density at radius 2 is 1.68 bits per heavy atom. The van der Waals surface area contributed by atoms with Crippen molar-refractivity contribution >= 4 is 11.9 Å². The predicted octanol–water partition coefficient (Wildman–Crippen LogP) is 2.88. The second-order valence-electron chi connectivity index (χ2n) is 8.27. The number of hydrogen-bond acceptors (Lipinski definition) is 8. The first-order chi connectivity index (χ1) is 17.7. The Morgan fingerprint density at radius 3 is 2.24 bits per heavy atom. The minimum Gasteiger partial charge on any atom is -0.459 e. The standard InChI is InChI=1S/C24H20FN5O7/c1-23(25)20(36-19(33)16-10-6-3-7-11-16)24(28-29-26,14-35-18(32)15-8-4-2-5-9-15)37-21(23)30-13-12-17(31)27-22(30)34/h2-13,20-21H,14H2,1H3,(H,27,31,34)/t20-,21+,23+,24+/m0/s1. The summed E-state index contributed by atoms with van der Waals surface area (Å²) in [6, 6.07) is 16.3. The number of rotatable bonds is 7. The van der Waals surface area contributed by atoms with Crippen LogP contribution >= 0.6 is 0 Å². The maximum Gasteiger partial charge on any atom is 0.338 e. The summed E-state index contributed by atoms with van der Waals surface area (Å²) in [4.78, 5) is 54.1. The van der Waals surface area contributed by atoms with Gasteiger partial charge in [-0.2, -0.15) is 0 Å². The quantitative estimate of drug-likeness (QED) is 0.221. The molecule has 1 aliphatic rings. The van der Waals surface area contributed by atoms with E-state index in [1.54, 1.807) is 36.4 Å². The molecule has 190 valence electrons. The van der Waals surface area contributed by atoms with E-state index in [0.29, 0.717) is 4.57 Å². The summed E-state index contributed by atoms with van der Waals surface area (Å²) in [6.45, 7) is 0.0947. The van der Waals surface area contributed by atoms with E-state index in [2.05, 4.69) is 10.0 Å². The van der Waals surface area contributed by atoms with Gasteiger partial charge in [-0.15, -0.1) is 0 Å². The average Bonchev–Trinajstić information content (AvgIpc) is 3.10. The molecule has 0 amide bonds. The van der Waals surface area contributed by atoms with E-state index in [9.17, 15) is 24.7 Å². The molecule has 13 heteroatoms. The summed E-state index contributed by atoms with van der Waals surface area (Å²) in [7, 11) is 0. The van der Waals surface area contributed by atoms with Gasteiger partial charge in [0, 0.05) is 17.2 Å². The fraction of sp³-hybridized carbons (Fsp3) is 0.250. The van der Waals surface area contributed by atoms with E-state index in [0.717, 1.165) is 19.2 Å². The third kappa shape index (κ3) is 4.99. The number of nitrogens with zero attached hydrogens (tertiary/aromatic N) is 4. The number of hydrogen-bond donors (Lipinski definition) is 1. The topological polar surface area (TPSA) is 165 Å². The lowest BCUT2D eigenvalue weighted by Gasteiger charge is -2.31. The molecule has 0 aliphatic carbocycles. The Labute approximate surface area is 207 Å². The molecule has 1 fully saturated rings. The molecule has 1 saturated heterocycles. The molecule has 0 radical (unpaired) electrons. The van der Waals surface area contributed by atoms with Crippen LogP contribution in [-0.2, 0) is 14.2 Å². The Bertz CT molecular complexity index is 1470. The van der Waals surface area contributed by atoms with Crippen molar-refractivity contribution in [3.8, 4) is 0 Å². The van der Waals surface area contributed by atoms with Crippen LogP contribution in [-0.4, -0.2) is 45.6 Å². The van der Waals surface area contributed by atoms with Crippen molar-refractivity contribution in [1.82, 2.24) is 9.55 Å². The van der Waals surface area contributed by atoms with Crippen LogP contribution in [0.1, 0.15) is 33.9 Å². The normalized spacial score (nSPS) is 24.6. The number of esters is 2. The lowest BCUT2D eigenvalue weighted by molar-refractivity contribution is -0.129. The summed E-state index contributed by atoms with van der Waals surface area (Å²) < 4.78 is 33.6. The van der Waals surface area contributed by atoms with E-state index in [-0.39, 0.29) is 11.1 Å². The monoisotopic (exact) mass is 509 g/mol. The highest BCUT2D eigenvalue weighted by Crippen LogP contribution is 2.49. The van der Waals surface area contributed by atoms with Crippen LogP contribution in [0, 0.1) is 0 Å². The van der Waals surface area contributed by atoms with Crippen molar-refractivity contribution in [2.24, 2.45) is 5.11 Å². The maximum atomic E-state index is 16.5. The van der Waals surface area contributed by atoms with Crippen LogP contribution in [0.4, 0.5) is 4.39 Å². The molecular weight excluding hydrogens is 489 g/mol. The Kier molecular flexibility index (Phi) is 6.92. The molecule has 12 nitrogen and oxygen atoms in total. The van der Waals surface area contributed by atoms with E-state index in [1.165, 1.54) is 24.3 Å². The summed E-state index contributed by atoms with van der Waals surface area (Å²) in [5.74, 6) is -1.84. The number of H-pyrrole nitrogens is 1. The molecule has 0 bridgehead atoms. The Balaban J connectivity index is 1.76. The van der Waals surface area contributed by atoms with E-state index >= 15 is 4.39 Å². The molecule has 0 spiro atoms. The molecule has 1 aliphatic heterocycles. The second kappa shape index (κ2) is 10.1. The van der Waals surface area contributed by atoms with E-state index < -0.39 is 53.5 Å². The fourth-order valence-electron chi connectivity index (χ4n) is 3.95. The van der Waals surface area contributed by atoms with Crippen molar-refractivity contribution in [1.29, 1.82) is 0 Å². The molecule has 4 atom stereocenters. The van der Waals surface area contributed by atoms with Gasteiger partial charge in [-0.05, 0) is 36.7 Å². The highest BCUT2D eigenvalue weighted by molar-refractivity contribution is 5.90. The lowest BCUT2D eigenvalue weighted by Crippen LogP contribution is -2.51. The van der Waals surface area contributed by atoms with Crippen LogP contribution in [0.3, 0.4) is 0 Å². The fourth-order valence-corrected chi connectivity index (χ4v) is 3.95. The number of ether oxygens (including phenoxy) is 3. The summed E-state index contributed by atoms with van der Waals surface area (Å²) in [6.07, 6.45) is -2.87. The molecule has 2 aromatic carbocycles. The zero-order valence-corrected chi connectivity index (χ0v) is 19.3. The number of carbonyl (C=O) groups excluding carboxylic acids is 2. The van der Waals surface area contributed by atoms with Gasteiger partial charge in [0.05, 0.1) is 11.1 Å². The number of halogens is 1. The molecule has 0 unspecified atom stereocenters. The summed E-state index contributed by atoms with van der Waals surface area (Å²) in [5, 5.41) is 3.54. The second-order valence-corrected chi connectivity index (χ2v) is 8.27. The van der Waals surface area contributed by atoms with Crippen molar-refractivity contribution < 1.29 is 28.2 Å². The van der Waals surface area contributed by atoms with Gasteiger partial charge >= 0.3 is 17.6 Å². The highest BCUT2D eigenvalue weighted by Gasteiger charge is 2.67. The molecule has 1 N–H and O–H groups in total. The summed E-state index contributed by atoms with van der Waals surface area (Å²) in [5.41, 5.74) is 2.59.